The van der Waals surface area contributed by atoms with E-state index in [0.717, 1.165) is 32.0 Å². The average Bonchev–Trinajstić information content (AvgIpc) is 2.96. The van der Waals surface area contributed by atoms with Gasteiger partial charge in [-0.2, -0.15) is 0 Å². The molecule has 0 atom stereocenters. The van der Waals surface area contributed by atoms with Crippen molar-refractivity contribution in [2.45, 2.75) is 25.9 Å². The van der Waals surface area contributed by atoms with Crippen molar-refractivity contribution in [3.8, 4) is 5.69 Å². The Hall–Kier alpha value is -1.65. The Morgan fingerprint density at radius 1 is 1.25 bits per heavy atom. The molecule has 0 amide bonds. The molecular weight excluding hydrogens is 250 g/mol. The maximum absolute atomic E-state index is 5.57. The predicted octanol–water partition coefficient (Wildman–Crippen LogP) is 2.48. The van der Waals surface area contributed by atoms with E-state index in [1.165, 1.54) is 5.56 Å². The van der Waals surface area contributed by atoms with Gasteiger partial charge >= 0.3 is 0 Å². The molecule has 0 bridgehead atoms. The fraction of sp³-hybridized carbons (Fsp3) is 0.438. The maximum Gasteiger partial charge on any atom is 0.0991 e. The zero-order chi connectivity index (χ0) is 14.0. The Morgan fingerprint density at radius 3 is 2.70 bits per heavy atom. The fourth-order valence-corrected chi connectivity index (χ4v) is 2.59. The van der Waals surface area contributed by atoms with Crippen molar-refractivity contribution >= 4 is 0 Å². The van der Waals surface area contributed by atoms with Gasteiger partial charge in [0.25, 0.3) is 0 Å². The smallest absolute Gasteiger partial charge is 0.0991 e. The van der Waals surface area contributed by atoms with Crippen molar-refractivity contribution < 1.29 is 4.74 Å². The first-order chi connectivity index (χ1) is 9.65. The molecule has 0 unspecified atom stereocenters. The van der Waals surface area contributed by atoms with Crippen LogP contribution < -0.4 is 0 Å². The van der Waals surface area contributed by atoms with Crippen LogP contribution in [0, 0.1) is 0 Å². The summed E-state index contributed by atoms with van der Waals surface area (Å²) in [5.41, 5.74) is 2.60. The van der Waals surface area contributed by atoms with Gasteiger partial charge in [-0.15, -0.1) is 0 Å². The molecule has 106 valence electrons. The van der Waals surface area contributed by atoms with Crippen molar-refractivity contribution in [3.63, 3.8) is 0 Å². The highest BCUT2D eigenvalue weighted by atomic mass is 16.5. The lowest BCUT2D eigenvalue weighted by Gasteiger charge is -2.42. The van der Waals surface area contributed by atoms with Gasteiger partial charge in [0.2, 0.25) is 0 Å². The first kappa shape index (κ1) is 13.3. The van der Waals surface area contributed by atoms with E-state index >= 15 is 0 Å². The van der Waals surface area contributed by atoms with Crippen LogP contribution in [-0.4, -0.2) is 39.7 Å². The third-order valence-electron chi connectivity index (χ3n) is 3.93. The average molecular weight is 271 g/mol. The zero-order valence-corrected chi connectivity index (χ0v) is 12.1. The van der Waals surface area contributed by atoms with Gasteiger partial charge < -0.3 is 9.30 Å². The summed E-state index contributed by atoms with van der Waals surface area (Å²) in [6.45, 7) is 8.09. The highest BCUT2D eigenvalue weighted by Crippen LogP contribution is 2.22. The molecule has 1 saturated heterocycles. The second-order valence-corrected chi connectivity index (χ2v) is 5.92. The maximum atomic E-state index is 5.57. The van der Waals surface area contributed by atoms with Gasteiger partial charge in [-0.3, -0.25) is 4.90 Å². The van der Waals surface area contributed by atoms with Crippen LogP contribution in [0.4, 0.5) is 0 Å². The summed E-state index contributed by atoms with van der Waals surface area (Å²) in [6.07, 6.45) is 5.57. The van der Waals surface area contributed by atoms with E-state index in [9.17, 15) is 0 Å². The molecule has 4 heteroatoms. The standard InChI is InChI=1S/C16H21N3O/c1-16(2)12-20-10-9-19(16)11-14-3-5-15(6-4-14)18-8-7-17-13-18/h3-8,13H,9-12H2,1-2H3. The van der Waals surface area contributed by atoms with E-state index in [2.05, 4.69) is 48.0 Å². The van der Waals surface area contributed by atoms with Gasteiger partial charge in [-0.05, 0) is 31.5 Å². The van der Waals surface area contributed by atoms with Crippen molar-refractivity contribution in [1.82, 2.24) is 14.5 Å². The number of benzene rings is 1. The van der Waals surface area contributed by atoms with Crippen LogP contribution in [0.3, 0.4) is 0 Å². The van der Waals surface area contributed by atoms with Gasteiger partial charge in [0.1, 0.15) is 0 Å². The summed E-state index contributed by atoms with van der Waals surface area (Å²) >= 11 is 0. The molecule has 0 saturated carbocycles. The number of morpholine rings is 1. The third kappa shape index (κ3) is 2.76. The quantitative estimate of drug-likeness (QED) is 0.859. The van der Waals surface area contributed by atoms with E-state index in [-0.39, 0.29) is 5.54 Å². The molecule has 4 nitrogen and oxygen atoms in total. The van der Waals surface area contributed by atoms with E-state index < -0.39 is 0 Å². The number of aromatic nitrogens is 2. The molecular formula is C16H21N3O. The SMILES string of the molecule is CC1(C)COCCN1Cc1ccc(-n2ccnc2)cc1. The monoisotopic (exact) mass is 271 g/mol. The van der Waals surface area contributed by atoms with Crippen LogP contribution in [0.5, 0.6) is 0 Å². The summed E-state index contributed by atoms with van der Waals surface area (Å²) in [5.74, 6) is 0. The highest BCUT2D eigenvalue weighted by Gasteiger charge is 2.30. The summed E-state index contributed by atoms with van der Waals surface area (Å²) in [5, 5.41) is 0. The Kier molecular flexibility index (Phi) is 3.59. The van der Waals surface area contributed by atoms with Crippen LogP contribution in [0.25, 0.3) is 5.69 Å². The number of rotatable bonds is 3. The third-order valence-corrected chi connectivity index (χ3v) is 3.93. The van der Waals surface area contributed by atoms with Crippen LogP contribution in [-0.2, 0) is 11.3 Å². The molecule has 0 N–H and O–H groups in total. The molecule has 2 heterocycles. The zero-order valence-electron chi connectivity index (χ0n) is 12.1. The molecule has 1 fully saturated rings. The van der Waals surface area contributed by atoms with Crippen molar-refractivity contribution in [1.29, 1.82) is 0 Å². The van der Waals surface area contributed by atoms with Gasteiger partial charge in [-0.25, -0.2) is 4.98 Å². The van der Waals surface area contributed by atoms with Gasteiger partial charge in [0.05, 0.1) is 19.5 Å². The van der Waals surface area contributed by atoms with Gasteiger partial charge in [-0.1, -0.05) is 12.1 Å². The number of nitrogens with zero attached hydrogens (tertiary/aromatic N) is 3. The molecule has 1 aromatic heterocycles. The summed E-state index contributed by atoms with van der Waals surface area (Å²) in [7, 11) is 0. The van der Waals surface area contributed by atoms with E-state index in [1.807, 2.05) is 17.1 Å². The number of hydrogen-bond acceptors (Lipinski definition) is 3. The highest BCUT2D eigenvalue weighted by molar-refractivity contribution is 5.34. The lowest BCUT2D eigenvalue weighted by molar-refractivity contribution is -0.0552. The normalized spacial score (nSPS) is 19.1. The topological polar surface area (TPSA) is 30.3 Å². The molecule has 0 radical (unpaired) electrons. The molecule has 0 aliphatic carbocycles. The minimum Gasteiger partial charge on any atom is -0.378 e. The van der Waals surface area contributed by atoms with E-state index in [1.54, 1.807) is 6.20 Å². The van der Waals surface area contributed by atoms with Crippen LogP contribution in [0.15, 0.2) is 43.0 Å². The van der Waals surface area contributed by atoms with Crippen LogP contribution in [0.2, 0.25) is 0 Å². The number of imidazole rings is 1. The molecule has 1 aliphatic rings. The Bertz CT molecular complexity index is 546. The first-order valence-corrected chi connectivity index (χ1v) is 7.05. The van der Waals surface area contributed by atoms with E-state index in [4.69, 9.17) is 4.74 Å². The molecule has 1 aromatic carbocycles. The summed E-state index contributed by atoms with van der Waals surface area (Å²) < 4.78 is 7.59. The van der Waals surface area contributed by atoms with E-state index in [0.29, 0.717) is 0 Å². The Morgan fingerprint density at radius 2 is 2.05 bits per heavy atom. The lowest BCUT2D eigenvalue weighted by Crippen LogP contribution is -2.52. The minimum absolute atomic E-state index is 0.112. The lowest BCUT2D eigenvalue weighted by atomic mass is 10.0. The molecule has 2 aromatic rings. The number of ether oxygens (including phenoxy) is 1. The number of hydrogen-bond donors (Lipinski definition) is 0. The van der Waals surface area contributed by atoms with Crippen LogP contribution in [0.1, 0.15) is 19.4 Å². The van der Waals surface area contributed by atoms with Crippen LogP contribution >= 0.6 is 0 Å². The Balaban J connectivity index is 1.72. The van der Waals surface area contributed by atoms with Gasteiger partial charge in [0.15, 0.2) is 0 Å². The fourth-order valence-electron chi connectivity index (χ4n) is 2.59. The second kappa shape index (κ2) is 5.38. The van der Waals surface area contributed by atoms with Gasteiger partial charge in [0, 0.05) is 36.7 Å². The Labute approximate surface area is 120 Å². The van der Waals surface area contributed by atoms with Crippen molar-refractivity contribution in [3.05, 3.63) is 48.5 Å². The first-order valence-electron chi connectivity index (χ1n) is 7.05. The molecule has 3 rings (SSSR count). The largest absolute Gasteiger partial charge is 0.378 e. The minimum atomic E-state index is 0.112. The molecule has 0 spiro atoms. The molecule has 1 aliphatic heterocycles. The molecule has 20 heavy (non-hydrogen) atoms. The summed E-state index contributed by atoms with van der Waals surface area (Å²) in [4.78, 5) is 6.56. The van der Waals surface area contributed by atoms with Crippen molar-refractivity contribution in [2.24, 2.45) is 0 Å². The summed E-state index contributed by atoms with van der Waals surface area (Å²) in [6, 6.07) is 8.68. The second-order valence-electron chi connectivity index (χ2n) is 5.92. The van der Waals surface area contributed by atoms with Crippen molar-refractivity contribution in [2.75, 3.05) is 19.8 Å². The predicted molar refractivity (Wildman–Crippen MR) is 78.9 cm³/mol.